The van der Waals surface area contributed by atoms with E-state index in [1.807, 2.05) is 12.1 Å². The van der Waals surface area contributed by atoms with Crippen LogP contribution in [0.5, 0.6) is 0 Å². The van der Waals surface area contributed by atoms with Crippen molar-refractivity contribution in [2.24, 2.45) is 0 Å². The number of benzene rings is 2. The molecule has 5 nitrogen and oxygen atoms in total. The van der Waals surface area contributed by atoms with E-state index in [0.717, 1.165) is 10.1 Å². The summed E-state index contributed by atoms with van der Waals surface area (Å²) in [6.07, 6.45) is 0. The van der Waals surface area contributed by atoms with E-state index in [9.17, 15) is 9.59 Å². The molecule has 23 heavy (non-hydrogen) atoms. The number of amides is 2. The number of hydrogen-bond acceptors (Lipinski definition) is 4. The van der Waals surface area contributed by atoms with Crippen LogP contribution in [0, 0.1) is 0 Å². The average molecular weight is 348 g/mol. The van der Waals surface area contributed by atoms with Gasteiger partial charge in [-0.1, -0.05) is 12.1 Å². The molecule has 6 N–H and O–H groups in total. The summed E-state index contributed by atoms with van der Waals surface area (Å²) in [7, 11) is 0. The fraction of sp³-hybridized carbons (Fsp3) is 0. The Morgan fingerprint density at radius 2 is 1.83 bits per heavy atom. The molecule has 0 saturated heterocycles. The Hall–Kier alpha value is -2.41. The van der Waals surface area contributed by atoms with Crippen molar-refractivity contribution in [2.45, 2.75) is 0 Å². The number of para-hydroxylation sites is 1. The zero-order valence-corrected chi connectivity index (χ0v) is 13.6. The van der Waals surface area contributed by atoms with E-state index < -0.39 is 0 Å². The molecule has 118 valence electrons. The molecule has 0 fully saturated rings. The normalized spacial score (nSPS) is 10.1. The molecule has 0 aliphatic heterocycles. The number of nitrogen functional groups attached to an aromatic ring is 1. The zero-order valence-electron chi connectivity index (χ0n) is 12.0. The van der Waals surface area contributed by atoms with Crippen LogP contribution in [0.1, 0.15) is 20.0 Å². The van der Waals surface area contributed by atoms with Crippen LogP contribution in [-0.2, 0) is 0 Å². The molecule has 0 atom stereocenters. The van der Waals surface area contributed by atoms with E-state index in [1.165, 1.54) is 11.3 Å². The maximum absolute atomic E-state index is 12.4. The number of thiophene rings is 1. The number of carbonyl (C=O) groups excluding carboxylic acids is 2. The lowest BCUT2D eigenvalue weighted by atomic mass is 10.1. The maximum Gasteiger partial charge on any atom is 0.343 e. The number of halogens is 1. The van der Waals surface area contributed by atoms with Gasteiger partial charge in [-0.3, -0.25) is 10.5 Å². The van der Waals surface area contributed by atoms with Gasteiger partial charge in [0.05, 0.1) is 10.6 Å². The van der Waals surface area contributed by atoms with Crippen molar-refractivity contribution in [1.82, 2.24) is 0 Å². The first-order chi connectivity index (χ1) is 10.5. The van der Waals surface area contributed by atoms with Gasteiger partial charge in [-0.05, 0) is 41.8 Å². The summed E-state index contributed by atoms with van der Waals surface area (Å²) in [5.74, 6) is -0.589. The van der Waals surface area contributed by atoms with Crippen LogP contribution in [0.2, 0.25) is 0 Å². The van der Waals surface area contributed by atoms with Crippen LogP contribution >= 0.6 is 11.3 Å². The van der Waals surface area contributed by atoms with Gasteiger partial charge in [0.1, 0.15) is 5.56 Å². The minimum atomic E-state index is -0.333. The molecule has 3 aromatic rings. The summed E-state index contributed by atoms with van der Waals surface area (Å²) in [4.78, 5) is 24.4. The summed E-state index contributed by atoms with van der Waals surface area (Å²) >= 11 is 1.38. The van der Waals surface area contributed by atoms with Gasteiger partial charge in [0.15, 0.2) is 0 Å². The third-order valence-electron chi connectivity index (χ3n) is 3.24. The van der Waals surface area contributed by atoms with Crippen LogP contribution < -0.4 is 29.2 Å². The van der Waals surface area contributed by atoms with E-state index in [0.29, 0.717) is 21.8 Å². The van der Waals surface area contributed by atoms with Crippen molar-refractivity contribution in [3.63, 3.8) is 0 Å². The molecule has 0 bridgehead atoms. The first-order valence-corrected chi connectivity index (χ1v) is 7.42. The maximum atomic E-state index is 12.4. The van der Waals surface area contributed by atoms with Gasteiger partial charge in [-0.15, -0.1) is 11.3 Å². The van der Waals surface area contributed by atoms with Crippen molar-refractivity contribution >= 4 is 44.6 Å². The number of carbonyl (C=O) groups is 2. The third kappa shape index (κ3) is 3.50. The molecule has 0 radical (unpaired) electrons. The number of hydrogen-bond donors (Lipinski definition) is 3. The van der Waals surface area contributed by atoms with E-state index in [-0.39, 0.29) is 24.2 Å². The van der Waals surface area contributed by atoms with Gasteiger partial charge in [0, 0.05) is 10.4 Å². The van der Waals surface area contributed by atoms with Crippen molar-refractivity contribution in [1.29, 1.82) is 0 Å². The lowest BCUT2D eigenvalue weighted by Gasteiger charge is -2.06. The summed E-state index contributed by atoms with van der Waals surface area (Å²) < 4.78 is 0.987. The molecule has 1 heterocycles. The minimum absolute atomic E-state index is 0. The molecule has 2 aromatic carbocycles. The highest BCUT2D eigenvalue weighted by Gasteiger charge is 2.15. The Labute approximate surface area is 142 Å². The number of quaternary nitrogens is 1. The molecule has 0 spiro atoms. The Balaban J connectivity index is 0.00000192. The van der Waals surface area contributed by atoms with Gasteiger partial charge >= 0.3 is 5.91 Å². The van der Waals surface area contributed by atoms with Crippen LogP contribution in [0.4, 0.5) is 11.4 Å². The Bertz CT molecular complexity index is 892. The SMILES string of the molecule is Nc1ccc2sc(C(=O)Nc3ccccc3C([NH3+])=O)cc2c1.[Cl-]. The van der Waals surface area contributed by atoms with Gasteiger partial charge in [0.25, 0.3) is 5.91 Å². The van der Waals surface area contributed by atoms with Crippen molar-refractivity contribution in [3.8, 4) is 0 Å². The second-order valence-electron chi connectivity index (χ2n) is 4.83. The second-order valence-corrected chi connectivity index (χ2v) is 5.91. The number of nitrogens with one attached hydrogen (secondary N) is 1. The Morgan fingerprint density at radius 3 is 2.57 bits per heavy atom. The van der Waals surface area contributed by atoms with Crippen molar-refractivity contribution in [3.05, 3.63) is 59.0 Å². The monoisotopic (exact) mass is 347 g/mol. The fourth-order valence-corrected chi connectivity index (χ4v) is 3.13. The van der Waals surface area contributed by atoms with Gasteiger partial charge in [-0.25, -0.2) is 4.79 Å². The van der Waals surface area contributed by atoms with Crippen LogP contribution in [0.15, 0.2) is 48.5 Å². The highest BCUT2D eigenvalue weighted by molar-refractivity contribution is 7.20. The van der Waals surface area contributed by atoms with E-state index in [1.54, 1.807) is 36.4 Å². The highest BCUT2D eigenvalue weighted by atomic mass is 35.5. The fourth-order valence-electron chi connectivity index (χ4n) is 2.19. The van der Waals surface area contributed by atoms with Crippen molar-refractivity contribution < 1.29 is 27.7 Å². The van der Waals surface area contributed by atoms with E-state index >= 15 is 0 Å². The predicted octanol–water partition coefficient (Wildman–Crippen LogP) is -0.878. The standard InChI is InChI=1S/C16H13N3O2S.ClH/c17-10-5-6-13-9(7-10)8-14(22-13)16(21)19-12-4-2-1-3-11(12)15(18)20;/h1-8H,17H2,(H2,18,20)(H,19,21);1H. The molecular weight excluding hydrogens is 334 g/mol. The molecule has 7 heteroatoms. The minimum Gasteiger partial charge on any atom is -1.00 e. The average Bonchev–Trinajstić information content (AvgIpc) is 2.90. The van der Waals surface area contributed by atoms with Gasteiger partial charge < -0.3 is 23.5 Å². The summed E-state index contributed by atoms with van der Waals surface area (Å²) in [6, 6.07) is 14.1. The van der Waals surface area contributed by atoms with Gasteiger partial charge in [0.2, 0.25) is 0 Å². The Kier molecular flexibility index (Phi) is 5.00. The van der Waals surface area contributed by atoms with Crippen LogP contribution in [0.3, 0.4) is 0 Å². The quantitative estimate of drug-likeness (QED) is 0.536. The topological polar surface area (TPSA) is 99.8 Å². The second kappa shape index (κ2) is 6.78. The van der Waals surface area contributed by atoms with E-state index in [4.69, 9.17) is 5.73 Å². The number of anilines is 2. The molecule has 0 unspecified atom stereocenters. The first kappa shape index (κ1) is 17.0. The zero-order chi connectivity index (χ0) is 15.7. The lowest BCUT2D eigenvalue weighted by molar-refractivity contribution is -0.254. The van der Waals surface area contributed by atoms with Crippen LogP contribution in [0.25, 0.3) is 10.1 Å². The number of rotatable bonds is 3. The smallest absolute Gasteiger partial charge is 0.343 e. The van der Waals surface area contributed by atoms with Gasteiger partial charge in [-0.2, -0.15) is 0 Å². The molecule has 0 aliphatic carbocycles. The summed E-state index contributed by atoms with van der Waals surface area (Å²) in [5.41, 5.74) is 10.6. The number of nitrogens with two attached hydrogens (primary N) is 1. The van der Waals surface area contributed by atoms with Crippen LogP contribution in [-0.4, -0.2) is 11.8 Å². The molecular formula is C16H14ClN3O2S. The van der Waals surface area contributed by atoms with E-state index in [2.05, 4.69) is 11.1 Å². The third-order valence-corrected chi connectivity index (χ3v) is 4.35. The largest absolute Gasteiger partial charge is 1.00 e. The number of fused-ring (bicyclic) bond motifs is 1. The lowest BCUT2D eigenvalue weighted by Crippen LogP contribution is -3.00. The molecule has 0 aliphatic rings. The molecule has 2 amide bonds. The first-order valence-electron chi connectivity index (χ1n) is 6.60. The summed E-state index contributed by atoms with van der Waals surface area (Å²) in [6.45, 7) is 0. The highest BCUT2D eigenvalue weighted by Crippen LogP contribution is 2.28. The predicted molar refractivity (Wildman–Crippen MR) is 87.9 cm³/mol. The molecule has 1 aromatic heterocycles. The summed E-state index contributed by atoms with van der Waals surface area (Å²) in [5, 5.41) is 3.69. The molecule has 0 saturated carbocycles. The Morgan fingerprint density at radius 1 is 1.09 bits per heavy atom. The molecule has 3 rings (SSSR count). The van der Waals surface area contributed by atoms with Crippen molar-refractivity contribution in [2.75, 3.05) is 11.1 Å².